The molecule has 1 heterocycles. The highest BCUT2D eigenvalue weighted by molar-refractivity contribution is 7.99. The molecule has 0 saturated carbocycles. The minimum Gasteiger partial charge on any atom is -0.469 e. The Kier molecular flexibility index (Phi) is 4.11. The van der Waals surface area contributed by atoms with Gasteiger partial charge in [-0.15, -0.1) is 11.8 Å². The summed E-state index contributed by atoms with van der Waals surface area (Å²) in [7, 11) is 3.10. The Labute approximate surface area is 116 Å². The number of hydrogen-bond acceptors (Lipinski definition) is 5. The van der Waals surface area contributed by atoms with E-state index in [9.17, 15) is 9.59 Å². The van der Waals surface area contributed by atoms with Gasteiger partial charge in [0.2, 0.25) is 5.91 Å². The maximum atomic E-state index is 11.7. The third-order valence-electron chi connectivity index (χ3n) is 3.10. The molecule has 1 unspecified atom stereocenters. The maximum absolute atomic E-state index is 11.7. The van der Waals surface area contributed by atoms with Gasteiger partial charge in [0, 0.05) is 28.9 Å². The van der Waals surface area contributed by atoms with E-state index in [2.05, 4.69) is 4.74 Å². The summed E-state index contributed by atoms with van der Waals surface area (Å²) in [6, 6.07) is 5.17. The monoisotopic (exact) mass is 280 g/mol. The molecular formula is C13H16N2O3S. The Morgan fingerprint density at radius 3 is 2.95 bits per heavy atom. The molecule has 5 nitrogen and oxygen atoms in total. The van der Waals surface area contributed by atoms with E-state index in [0.29, 0.717) is 12.2 Å². The van der Waals surface area contributed by atoms with Gasteiger partial charge in [-0.3, -0.25) is 9.59 Å². The minimum atomic E-state index is -0.561. The average Bonchev–Trinajstić information content (AvgIpc) is 2.63. The number of amides is 1. The number of methoxy groups -OCH3 is 1. The van der Waals surface area contributed by atoms with Crippen LogP contribution in [0, 0.1) is 0 Å². The van der Waals surface area contributed by atoms with E-state index in [-0.39, 0.29) is 11.9 Å². The summed E-state index contributed by atoms with van der Waals surface area (Å²) < 4.78 is 4.59. The number of benzene rings is 1. The number of carbonyl (C=O) groups excluding carboxylic acids is 2. The molecule has 1 aromatic carbocycles. The first-order valence-corrected chi connectivity index (χ1v) is 6.90. The summed E-state index contributed by atoms with van der Waals surface area (Å²) in [6.07, 6.45) is 0.368. The largest absolute Gasteiger partial charge is 0.469 e. The number of carbonyl (C=O) groups is 2. The molecule has 102 valence electrons. The van der Waals surface area contributed by atoms with Crippen molar-refractivity contribution in [2.45, 2.75) is 17.4 Å². The predicted octanol–water partition coefficient (Wildman–Crippen LogP) is 1.32. The SMILES string of the molecule is COC(=O)CCSc1ccc2c(c1)N(C)C(=O)C2N. The zero-order chi connectivity index (χ0) is 14.0. The highest BCUT2D eigenvalue weighted by atomic mass is 32.2. The molecule has 1 aliphatic rings. The molecule has 19 heavy (non-hydrogen) atoms. The van der Waals surface area contributed by atoms with Crippen LogP contribution in [0.5, 0.6) is 0 Å². The van der Waals surface area contributed by atoms with E-state index in [1.165, 1.54) is 7.11 Å². The minimum absolute atomic E-state index is 0.0910. The lowest BCUT2D eigenvalue weighted by molar-refractivity contribution is -0.140. The Morgan fingerprint density at radius 1 is 1.53 bits per heavy atom. The fourth-order valence-electron chi connectivity index (χ4n) is 1.98. The molecule has 1 aliphatic heterocycles. The average molecular weight is 280 g/mol. The molecule has 0 radical (unpaired) electrons. The lowest BCUT2D eigenvalue weighted by Crippen LogP contribution is -2.27. The van der Waals surface area contributed by atoms with Crippen molar-refractivity contribution in [3.63, 3.8) is 0 Å². The standard InChI is InChI=1S/C13H16N2O3S/c1-15-10-7-8(19-6-5-11(16)18-2)3-4-9(10)12(14)13(15)17/h3-4,7,12H,5-6,14H2,1-2H3. The molecule has 6 heteroatoms. The zero-order valence-electron chi connectivity index (χ0n) is 10.9. The van der Waals surface area contributed by atoms with Crippen molar-refractivity contribution < 1.29 is 14.3 Å². The van der Waals surface area contributed by atoms with Crippen LogP contribution in [0.15, 0.2) is 23.1 Å². The summed E-state index contributed by atoms with van der Waals surface area (Å²) in [6.45, 7) is 0. The Hall–Kier alpha value is -1.53. The maximum Gasteiger partial charge on any atom is 0.306 e. The molecule has 0 spiro atoms. The second kappa shape index (κ2) is 5.63. The van der Waals surface area contributed by atoms with Gasteiger partial charge in [0.15, 0.2) is 0 Å². The number of thioether (sulfide) groups is 1. The zero-order valence-corrected chi connectivity index (χ0v) is 11.7. The number of likely N-dealkylation sites (N-methyl/N-ethyl adjacent to an activating group) is 1. The predicted molar refractivity (Wildman–Crippen MR) is 74.1 cm³/mol. The van der Waals surface area contributed by atoms with E-state index >= 15 is 0 Å². The Balaban J connectivity index is 2.06. The molecule has 0 saturated heterocycles. The first-order valence-electron chi connectivity index (χ1n) is 5.91. The normalized spacial score (nSPS) is 17.5. The van der Waals surface area contributed by atoms with E-state index < -0.39 is 6.04 Å². The van der Waals surface area contributed by atoms with E-state index in [1.807, 2.05) is 18.2 Å². The van der Waals surface area contributed by atoms with Gasteiger partial charge in [-0.1, -0.05) is 6.07 Å². The highest BCUT2D eigenvalue weighted by Crippen LogP contribution is 2.36. The van der Waals surface area contributed by atoms with Crippen molar-refractivity contribution in [2.24, 2.45) is 5.73 Å². The van der Waals surface area contributed by atoms with Crippen LogP contribution in [-0.4, -0.2) is 31.8 Å². The number of fused-ring (bicyclic) bond motifs is 1. The molecule has 0 aliphatic carbocycles. The summed E-state index contributed by atoms with van der Waals surface area (Å²) in [4.78, 5) is 25.4. The number of hydrogen-bond donors (Lipinski definition) is 1. The van der Waals surface area contributed by atoms with Crippen molar-refractivity contribution in [1.82, 2.24) is 0 Å². The fourth-order valence-corrected chi connectivity index (χ4v) is 2.85. The van der Waals surface area contributed by atoms with Crippen LogP contribution in [0.4, 0.5) is 5.69 Å². The van der Waals surface area contributed by atoms with Crippen molar-refractivity contribution in [3.05, 3.63) is 23.8 Å². The van der Waals surface area contributed by atoms with Crippen molar-refractivity contribution in [1.29, 1.82) is 0 Å². The van der Waals surface area contributed by atoms with Crippen LogP contribution in [0.2, 0.25) is 0 Å². The van der Waals surface area contributed by atoms with Crippen LogP contribution in [0.25, 0.3) is 0 Å². The molecule has 1 amide bonds. The van der Waals surface area contributed by atoms with Gasteiger partial charge in [0.05, 0.1) is 13.5 Å². The molecule has 0 fully saturated rings. The van der Waals surface area contributed by atoms with Gasteiger partial charge in [-0.2, -0.15) is 0 Å². The quantitative estimate of drug-likeness (QED) is 0.665. The number of anilines is 1. The highest BCUT2D eigenvalue weighted by Gasteiger charge is 2.32. The Bertz CT molecular complexity index is 519. The van der Waals surface area contributed by atoms with Gasteiger partial charge in [0.1, 0.15) is 6.04 Å². The fraction of sp³-hybridized carbons (Fsp3) is 0.385. The van der Waals surface area contributed by atoms with Crippen molar-refractivity contribution >= 4 is 29.3 Å². The van der Waals surface area contributed by atoms with Crippen LogP contribution < -0.4 is 10.6 Å². The molecule has 0 bridgehead atoms. The van der Waals surface area contributed by atoms with E-state index in [0.717, 1.165) is 16.1 Å². The first-order chi connectivity index (χ1) is 9.04. The van der Waals surface area contributed by atoms with Gasteiger partial charge in [-0.05, 0) is 12.1 Å². The van der Waals surface area contributed by atoms with E-state index in [1.54, 1.807) is 23.7 Å². The van der Waals surface area contributed by atoms with Gasteiger partial charge >= 0.3 is 5.97 Å². The lowest BCUT2D eigenvalue weighted by atomic mass is 10.1. The smallest absolute Gasteiger partial charge is 0.306 e. The lowest BCUT2D eigenvalue weighted by Gasteiger charge is -2.11. The molecule has 0 aromatic heterocycles. The van der Waals surface area contributed by atoms with Crippen molar-refractivity contribution in [3.8, 4) is 0 Å². The number of rotatable bonds is 4. The molecule has 1 atom stereocenters. The van der Waals surface area contributed by atoms with Crippen LogP contribution in [0.3, 0.4) is 0 Å². The van der Waals surface area contributed by atoms with Crippen LogP contribution in [0.1, 0.15) is 18.0 Å². The molecule has 1 aromatic rings. The molecular weight excluding hydrogens is 264 g/mol. The summed E-state index contributed by atoms with van der Waals surface area (Å²) in [5, 5.41) is 0. The van der Waals surface area contributed by atoms with Gasteiger partial charge in [-0.25, -0.2) is 0 Å². The molecule has 2 N–H and O–H groups in total. The Morgan fingerprint density at radius 2 is 2.26 bits per heavy atom. The summed E-state index contributed by atoms with van der Waals surface area (Å²) in [5.41, 5.74) is 7.53. The third-order valence-corrected chi connectivity index (χ3v) is 4.09. The van der Waals surface area contributed by atoms with Crippen LogP contribution >= 0.6 is 11.8 Å². The first kappa shape index (κ1) is 13.9. The number of nitrogens with zero attached hydrogens (tertiary/aromatic N) is 1. The second-order valence-electron chi connectivity index (χ2n) is 4.27. The topological polar surface area (TPSA) is 72.6 Å². The molecule has 2 rings (SSSR count). The number of ether oxygens (including phenoxy) is 1. The number of nitrogens with two attached hydrogens (primary N) is 1. The second-order valence-corrected chi connectivity index (χ2v) is 5.44. The van der Waals surface area contributed by atoms with Crippen molar-refractivity contribution in [2.75, 3.05) is 24.8 Å². The number of esters is 1. The summed E-state index contributed by atoms with van der Waals surface area (Å²) >= 11 is 1.56. The summed E-state index contributed by atoms with van der Waals surface area (Å²) in [5.74, 6) is 0.338. The third kappa shape index (κ3) is 2.74. The van der Waals surface area contributed by atoms with Crippen LogP contribution in [-0.2, 0) is 14.3 Å². The van der Waals surface area contributed by atoms with Gasteiger partial charge < -0.3 is 15.4 Å². The van der Waals surface area contributed by atoms with Gasteiger partial charge in [0.25, 0.3) is 0 Å². The van der Waals surface area contributed by atoms with E-state index in [4.69, 9.17) is 5.73 Å².